The van der Waals surface area contributed by atoms with Crippen LogP contribution in [0, 0.1) is 0 Å². The third-order valence-corrected chi connectivity index (χ3v) is 4.63. The SMILES string of the molecule is CC(C)(c1ccccc1)c1noc(C(C)(C)C(C)(C)N)n1. The standard InChI is InChI=1S/C17H25N3O/c1-15(2,12-10-8-7-9-11-12)13-19-14(21-20-13)16(3,4)17(5,6)18/h7-11H,18H2,1-6H3. The molecule has 0 aliphatic heterocycles. The van der Waals surface area contributed by atoms with Crippen molar-refractivity contribution in [2.24, 2.45) is 5.73 Å². The molecule has 2 rings (SSSR count). The maximum Gasteiger partial charge on any atom is 0.234 e. The van der Waals surface area contributed by atoms with Gasteiger partial charge >= 0.3 is 0 Å². The number of nitrogens with two attached hydrogens (primary N) is 1. The van der Waals surface area contributed by atoms with Crippen molar-refractivity contribution in [3.63, 3.8) is 0 Å². The Morgan fingerprint density at radius 3 is 2.05 bits per heavy atom. The van der Waals surface area contributed by atoms with E-state index in [1.165, 1.54) is 0 Å². The molecule has 0 bridgehead atoms. The predicted octanol–water partition coefficient (Wildman–Crippen LogP) is 3.41. The molecule has 0 aliphatic rings. The van der Waals surface area contributed by atoms with Crippen LogP contribution in [0.5, 0.6) is 0 Å². The van der Waals surface area contributed by atoms with E-state index in [1.54, 1.807) is 0 Å². The highest BCUT2D eigenvalue weighted by molar-refractivity contribution is 5.30. The minimum Gasteiger partial charge on any atom is -0.339 e. The first-order valence-corrected chi connectivity index (χ1v) is 7.26. The van der Waals surface area contributed by atoms with Crippen molar-refractivity contribution in [2.45, 2.75) is 57.9 Å². The first-order valence-electron chi connectivity index (χ1n) is 7.26. The van der Waals surface area contributed by atoms with Gasteiger partial charge in [0.1, 0.15) is 0 Å². The maximum absolute atomic E-state index is 6.25. The predicted molar refractivity (Wildman–Crippen MR) is 84.2 cm³/mol. The van der Waals surface area contributed by atoms with E-state index in [1.807, 2.05) is 45.9 Å². The number of hydrogen-bond donors (Lipinski definition) is 1. The highest BCUT2D eigenvalue weighted by Crippen LogP contribution is 2.35. The largest absolute Gasteiger partial charge is 0.339 e. The molecule has 0 atom stereocenters. The van der Waals surface area contributed by atoms with Gasteiger partial charge in [-0.15, -0.1) is 0 Å². The van der Waals surface area contributed by atoms with Crippen LogP contribution in [-0.2, 0) is 10.8 Å². The van der Waals surface area contributed by atoms with Crippen molar-refractivity contribution < 1.29 is 4.52 Å². The monoisotopic (exact) mass is 287 g/mol. The van der Waals surface area contributed by atoms with Gasteiger partial charge in [-0.25, -0.2) is 0 Å². The average Bonchev–Trinajstić information content (AvgIpc) is 2.89. The number of hydrogen-bond acceptors (Lipinski definition) is 4. The fourth-order valence-electron chi connectivity index (χ4n) is 1.99. The lowest BCUT2D eigenvalue weighted by atomic mass is 9.75. The number of nitrogens with zero attached hydrogens (tertiary/aromatic N) is 2. The lowest BCUT2D eigenvalue weighted by Gasteiger charge is -2.34. The van der Waals surface area contributed by atoms with Crippen molar-refractivity contribution in [3.8, 4) is 0 Å². The number of aromatic nitrogens is 2. The smallest absolute Gasteiger partial charge is 0.234 e. The third-order valence-electron chi connectivity index (χ3n) is 4.63. The second kappa shape index (κ2) is 4.95. The highest BCUT2D eigenvalue weighted by Gasteiger charge is 2.41. The summed E-state index contributed by atoms with van der Waals surface area (Å²) >= 11 is 0. The van der Waals surface area contributed by atoms with Crippen LogP contribution in [0.15, 0.2) is 34.9 Å². The number of benzene rings is 1. The van der Waals surface area contributed by atoms with Crippen LogP contribution in [0.2, 0.25) is 0 Å². The molecule has 0 saturated carbocycles. The van der Waals surface area contributed by atoms with Crippen molar-refractivity contribution in [1.29, 1.82) is 0 Å². The minimum atomic E-state index is -0.451. The van der Waals surface area contributed by atoms with Crippen LogP contribution >= 0.6 is 0 Å². The molecular weight excluding hydrogens is 262 g/mol. The van der Waals surface area contributed by atoms with Crippen LogP contribution in [0.3, 0.4) is 0 Å². The second-order valence-electron chi connectivity index (χ2n) is 7.26. The zero-order valence-electron chi connectivity index (χ0n) is 13.8. The van der Waals surface area contributed by atoms with Crippen molar-refractivity contribution in [3.05, 3.63) is 47.6 Å². The Morgan fingerprint density at radius 2 is 1.52 bits per heavy atom. The molecule has 2 aromatic rings. The van der Waals surface area contributed by atoms with E-state index < -0.39 is 11.0 Å². The Hall–Kier alpha value is -1.68. The molecule has 0 radical (unpaired) electrons. The first-order chi connectivity index (χ1) is 9.57. The summed E-state index contributed by atoms with van der Waals surface area (Å²) in [4.78, 5) is 4.64. The normalized spacial score (nSPS) is 13.5. The molecule has 0 saturated heterocycles. The second-order valence-corrected chi connectivity index (χ2v) is 7.26. The Balaban J connectivity index is 2.41. The molecule has 1 aromatic heterocycles. The van der Waals surface area contributed by atoms with E-state index in [2.05, 4.69) is 36.1 Å². The molecule has 2 N–H and O–H groups in total. The van der Waals surface area contributed by atoms with Gasteiger partial charge < -0.3 is 10.3 Å². The first kappa shape index (κ1) is 15.7. The van der Waals surface area contributed by atoms with Gasteiger partial charge in [0.2, 0.25) is 5.89 Å². The summed E-state index contributed by atoms with van der Waals surface area (Å²) in [5.41, 5.74) is 6.25. The fraction of sp³-hybridized carbons (Fsp3) is 0.529. The Morgan fingerprint density at radius 1 is 0.952 bits per heavy atom. The van der Waals surface area contributed by atoms with Gasteiger partial charge in [0, 0.05) is 5.54 Å². The van der Waals surface area contributed by atoms with Crippen molar-refractivity contribution in [1.82, 2.24) is 10.1 Å². The van der Waals surface area contributed by atoms with Gasteiger partial charge in [-0.2, -0.15) is 4.98 Å². The lowest BCUT2D eigenvalue weighted by Crippen LogP contribution is -2.50. The molecule has 114 valence electrons. The lowest BCUT2D eigenvalue weighted by molar-refractivity contribution is 0.222. The van der Waals surface area contributed by atoms with Crippen molar-refractivity contribution in [2.75, 3.05) is 0 Å². The Bertz CT molecular complexity index is 606. The van der Waals surface area contributed by atoms with Gasteiger partial charge in [-0.1, -0.05) is 35.5 Å². The van der Waals surface area contributed by atoms with Gasteiger partial charge in [0.25, 0.3) is 0 Å². The molecular formula is C17H25N3O. The molecule has 1 heterocycles. The van der Waals surface area contributed by atoms with Gasteiger partial charge in [-0.05, 0) is 47.1 Å². The molecule has 1 aromatic carbocycles. The maximum atomic E-state index is 6.25. The van der Waals surface area contributed by atoms with Crippen LogP contribution in [0.25, 0.3) is 0 Å². The highest BCUT2D eigenvalue weighted by atomic mass is 16.5. The van der Waals surface area contributed by atoms with E-state index in [0.29, 0.717) is 11.7 Å². The van der Waals surface area contributed by atoms with E-state index >= 15 is 0 Å². The minimum absolute atomic E-state index is 0.308. The molecule has 0 aliphatic carbocycles. The third kappa shape index (κ3) is 2.72. The Labute approximate surface area is 126 Å². The van der Waals surface area contributed by atoms with Crippen molar-refractivity contribution >= 4 is 0 Å². The van der Waals surface area contributed by atoms with Gasteiger partial charge in [0.15, 0.2) is 5.82 Å². The molecule has 0 unspecified atom stereocenters. The zero-order valence-corrected chi connectivity index (χ0v) is 13.8. The quantitative estimate of drug-likeness (QED) is 0.936. The fourth-order valence-corrected chi connectivity index (χ4v) is 1.99. The molecule has 4 nitrogen and oxygen atoms in total. The molecule has 21 heavy (non-hydrogen) atoms. The average molecular weight is 287 g/mol. The van der Waals surface area contributed by atoms with E-state index in [9.17, 15) is 0 Å². The van der Waals surface area contributed by atoms with E-state index in [-0.39, 0.29) is 5.41 Å². The van der Waals surface area contributed by atoms with Gasteiger partial charge in [-0.3, -0.25) is 0 Å². The number of rotatable bonds is 4. The summed E-state index contributed by atoms with van der Waals surface area (Å²) < 4.78 is 5.52. The summed E-state index contributed by atoms with van der Waals surface area (Å²) in [6, 6.07) is 10.2. The Kier molecular flexibility index (Phi) is 3.70. The summed E-state index contributed by atoms with van der Waals surface area (Å²) in [7, 11) is 0. The topological polar surface area (TPSA) is 64.9 Å². The van der Waals surface area contributed by atoms with Crippen LogP contribution in [0.4, 0.5) is 0 Å². The van der Waals surface area contributed by atoms with E-state index in [4.69, 9.17) is 10.3 Å². The molecule has 0 amide bonds. The van der Waals surface area contributed by atoms with E-state index in [0.717, 1.165) is 5.56 Å². The summed E-state index contributed by atoms with van der Waals surface area (Å²) in [6.07, 6.45) is 0. The summed E-state index contributed by atoms with van der Waals surface area (Å²) in [5.74, 6) is 1.26. The summed E-state index contributed by atoms with van der Waals surface area (Å²) in [5, 5.41) is 4.20. The van der Waals surface area contributed by atoms with Crippen LogP contribution in [-0.4, -0.2) is 15.7 Å². The zero-order chi connectivity index (χ0) is 15.9. The molecule has 0 spiro atoms. The summed E-state index contributed by atoms with van der Waals surface area (Å²) in [6.45, 7) is 12.2. The molecule has 0 fully saturated rings. The van der Waals surface area contributed by atoms with Gasteiger partial charge in [0.05, 0.1) is 10.8 Å². The van der Waals surface area contributed by atoms with Crippen LogP contribution < -0.4 is 5.73 Å². The molecule has 4 heteroatoms. The van der Waals surface area contributed by atoms with Crippen LogP contribution in [0.1, 0.15) is 58.8 Å².